The highest BCUT2D eigenvalue weighted by Crippen LogP contribution is 2.34. The van der Waals surface area contributed by atoms with Crippen LogP contribution >= 0.6 is 0 Å². The molecule has 14 nitrogen and oxygen atoms in total. The molecule has 282 valence electrons. The van der Waals surface area contributed by atoms with E-state index in [9.17, 15) is 27.6 Å². The second-order valence-electron chi connectivity index (χ2n) is 12.0. The van der Waals surface area contributed by atoms with Gasteiger partial charge in [0.1, 0.15) is 48.3 Å². The summed E-state index contributed by atoms with van der Waals surface area (Å²) >= 11 is 0. The van der Waals surface area contributed by atoms with Gasteiger partial charge in [0.25, 0.3) is 11.8 Å². The topological polar surface area (TPSA) is 179 Å². The van der Waals surface area contributed by atoms with Gasteiger partial charge in [0.05, 0.1) is 19.4 Å². The summed E-state index contributed by atoms with van der Waals surface area (Å²) in [6.45, 7) is 1.65. The number of nitrogens with one attached hydrogen (secondary N) is 3. The van der Waals surface area contributed by atoms with E-state index in [2.05, 4.69) is 10.6 Å². The van der Waals surface area contributed by atoms with Crippen molar-refractivity contribution < 1.29 is 46.5 Å². The van der Waals surface area contributed by atoms with Gasteiger partial charge in [0, 0.05) is 13.5 Å². The minimum atomic E-state index is -4.13. The van der Waals surface area contributed by atoms with Crippen molar-refractivity contribution in [1.29, 1.82) is 0 Å². The molecule has 1 aliphatic rings. The zero-order chi connectivity index (χ0) is 38.5. The van der Waals surface area contributed by atoms with Crippen LogP contribution in [0.2, 0.25) is 0 Å². The lowest BCUT2D eigenvalue weighted by molar-refractivity contribution is -0.122. The van der Waals surface area contributed by atoms with Gasteiger partial charge in [-0.1, -0.05) is 72.8 Å². The van der Waals surface area contributed by atoms with Crippen LogP contribution in [0.5, 0.6) is 17.2 Å². The summed E-state index contributed by atoms with van der Waals surface area (Å²) in [7, 11) is -2.85. The number of benzene rings is 4. The van der Waals surface area contributed by atoms with E-state index in [0.29, 0.717) is 29.9 Å². The smallest absolute Gasteiger partial charge is 0.345 e. The first kappa shape index (κ1) is 38.9. The van der Waals surface area contributed by atoms with Gasteiger partial charge in [-0.15, -0.1) is 0 Å². The minimum absolute atomic E-state index is 0.0545. The van der Waals surface area contributed by atoms with Gasteiger partial charge in [0.2, 0.25) is 5.91 Å². The molecule has 4 aromatic carbocycles. The number of carbonyl (C=O) groups is 4. The Bertz CT molecular complexity index is 2110. The number of carbonyl (C=O) groups excluding carboxylic acids is 4. The molecular formula is C39H40N4O10S. The average molecular weight is 757 g/mol. The Kier molecular flexibility index (Phi) is 13.3. The molecule has 0 spiro atoms. The monoisotopic (exact) mass is 756 g/mol. The molecule has 0 atom stereocenters. The highest BCUT2D eigenvalue weighted by Gasteiger charge is 2.36. The number of esters is 1. The second kappa shape index (κ2) is 18.4. The van der Waals surface area contributed by atoms with E-state index in [1.807, 2.05) is 65.4 Å². The highest BCUT2D eigenvalue weighted by atomic mass is 32.2. The molecular weight excluding hydrogens is 717 g/mol. The minimum Gasteiger partial charge on any atom is -0.493 e. The van der Waals surface area contributed by atoms with Crippen LogP contribution in [-0.2, 0) is 42.5 Å². The first-order chi connectivity index (χ1) is 26.0. The van der Waals surface area contributed by atoms with Gasteiger partial charge in [-0.2, -0.15) is 8.42 Å². The predicted molar refractivity (Wildman–Crippen MR) is 200 cm³/mol. The number of hydrogen-bond donors (Lipinski definition) is 3. The van der Waals surface area contributed by atoms with Crippen LogP contribution in [0.3, 0.4) is 0 Å². The van der Waals surface area contributed by atoms with Crippen LogP contribution in [0, 0.1) is 0 Å². The van der Waals surface area contributed by atoms with E-state index in [4.69, 9.17) is 18.9 Å². The maximum absolute atomic E-state index is 13.2. The largest absolute Gasteiger partial charge is 0.493 e. The van der Waals surface area contributed by atoms with Crippen molar-refractivity contribution in [1.82, 2.24) is 15.4 Å². The second-order valence-corrected chi connectivity index (χ2v) is 13.6. The van der Waals surface area contributed by atoms with E-state index < -0.39 is 40.4 Å². The molecule has 15 heteroatoms. The molecule has 1 saturated heterocycles. The van der Waals surface area contributed by atoms with Crippen LogP contribution in [0.25, 0.3) is 6.08 Å². The molecule has 1 heterocycles. The Morgan fingerprint density at radius 1 is 0.815 bits per heavy atom. The third-order valence-electron chi connectivity index (χ3n) is 7.91. The molecule has 0 saturated carbocycles. The third-order valence-corrected chi connectivity index (χ3v) is 9.30. The van der Waals surface area contributed by atoms with Crippen molar-refractivity contribution in [2.24, 2.45) is 0 Å². The lowest BCUT2D eigenvalue weighted by Crippen LogP contribution is -2.34. The Hall–Kier alpha value is -6.35. The standard InChI is InChI=1S/C39H40N4O10S/c1-27(44)41-31(22-30-18-19-32(43-24-36(45)42-54(43,48)49)35(23-30)53-26-29-14-7-4-8-15-29)38(46)40-20-9-10-21-51-33-16-11-17-34(37(33)39(47)50-2)52-25-28-12-5-3-6-13-28/h3-8,11-19,22-23H,9-10,20-21,24-26H2,1-2H3,(H,40,46)(H,41,44)(H,42,45)/b31-22+. The fourth-order valence-electron chi connectivity index (χ4n) is 5.35. The summed E-state index contributed by atoms with van der Waals surface area (Å²) in [5, 5.41) is 5.33. The summed E-state index contributed by atoms with van der Waals surface area (Å²) in [5.41, 5.74) is 2.40. The van der Waals surface area contributed by atoms with E-state index in [1.54, 1.807) is 24.3 Å². The lowest BCUT2D eigenvalue weighted by Gasteiger charge is -2.20. The zero-order valence-electron chi connectivity index (χ0n) is 29.7. The molecule has 3 N–H and O–H groups in total. The first-order valence-corrected chi connectivity index (χ1v) is 18.4. The lowest BCUT2D eigenvalue weighted by atomic mass is 10.1. The van der Waals surface area contributed by atoms with Crippen molar-refractivity contribution in [2.75, 3.05) is 31.1 Å². The molecule has 4 aromatic rings. The SMILES string of the molecule is COC(=O)c1c(OCCCCNC(=O)/C(=C\c2ccc(N3CC(=O)NS3(=O)=O)c(OCc3ccccc3)c2)NC(C)=O)cccc1OCc1ccccc1. The summed E-state index contributed by atoms with van der Waals surface area (Å²) in [6, 6.07) is 28.3. The van der Waals surface area contributed by atoms with Gasteiger partial charge in [-0.05, 0) is 59.9 Å². The molecule has 0 aliphatic carbocycles. The molecule has 5 rings (SSSR count). The van der Waals surface area contributed by atoms with Gasteiger partial charge < -0.3 is 29.6 Å². The van der Waals surface area contributed by atoms with Crippen molar-refractivity contribution in [3.05, 3.63) is 125 Å². The fraction of sp³-hybridized carbons (Fsp3) is 0.231. The van der Waals surface area contributed by atoms with Crippen LogP contribution in [0.15, 0.2) is 103 Å². The third kappa shape index (κ3) is 10.6. The van der Waals surface area contributed by atoms with Crippen molar-refractivity contribution in [2.45, 2.75) is 33.0 Å². The fourth-order valence-corrected chi connectivity index (χ4v) is 6.51. The number of nitrogens with zero attached hydrogens (tertiary/aromatic N) is 1. The Morgan fingerprint density at radius 2 is 1.44 bits per heavy atom. The van der Waals surface area contributed by atoms with Gasteiger partial charge >= 0.3 is 16.2 Å². The molecule has 1 fully saturated rings. The number of unbranched alkanes of at least 4 members (excludes halogenated alkanes) is 1. The first-order valence-electron chi connectivity index (χ1n) is 17.0. The van der Waals surface area contributed by atoms with Crippen LogP contribution in [-0.4, -0.2) is 58.9 Å². The predicted octanol–water partition coefficient (Wildman–Crippen LogP) is 4.26. The number of rotatable bonds is 17. The summed E-state index contributed by atoms with van der Waals surface area (Å²) in [5.74, 6) is -1.56. The Balaban J connectivity index is 1.22. The molecule has 0 aromatic heterocycles. The molecule has 54 heavy (non-hydrogen) atoms. The molecule has 1 aliphatic heterocycles. The van der Waals surface area contributed by atoms with E-state index in [0.717, 1.165) is 15.4 Å². The van der Waals surface area contributed by atoms with Crippen LogP contribution in [0.4, 0.5) is 5.69 Å². The van der Waals surface area contributed by atoms with Crippen molar-refractivity contribution >= 4 is 45.7 Å². The van der Waals surface area contributed by atoms with Crippen molar-refractivity contribution in [3.8, 4) is 17.2 Å². The van der Waals surface area contributed by atoms with E-state index in [-0.39, 0.29) is 49.1 Å². The number of anilines is 1. The Labute approximate surface area is 313 Å². The van der Waals surface area contributed by atoms with Gasteiger partial charge in [-0.25, -0.2) is 13.8 Å². The van der Waals surface area contributed by atoms with Crippen LogP contribution in [0.1, 0.15) is 46.8 Å². The summed E-state index contributed by atoms with van der Waals surface area (Å²) in [4.78, 5) is 49.9. The Morgan fingerprint density at radius 3 is 2.04 bits per heavy atom. The molecule has 0 radical (unpaired) electrons. The summed E-state index contributed by atoms with van der Waals surface area (Å²) in [6.07, 6.45) is 2.44. The maximum Gasteiger partial charge on any atom is 0.345 e. The van der Waals surface area contributed by atoms with E-state index >= 15 is 0 Å². The number of hydrogen-bond acceptors (Lipinski definition) is 10. The normalized spacial score (nSPS) is 13.4. The zero-order valence-corrected chi connectivity index (χ0v) is 30.5. The van der Waals surface area contributed by atoms with E-state index in [1.165, 1.54) is 32.2 Å². The number of ether oxygens (including phenoxy) is 4. The summed E-state index contributed by atoms with van der Waals surface area (Å²) < 4.78 is 51.0. The highest BCUT2D eigenvalue weighted by molar-refractivity contribution is 7.92. The number of methoxy groups -OCH3 is 1. The average Bonchev–Trinajstić information content (AvgIpc) is 3.45. The molecule has 3 amide bonds. The van der Waals surface area contributed by atoms with Crippen LogP contribution < -0.4 is 33.9 Å². The van der Waals surface area contributed by atoms with Gasteiger partial charge in [0.15, 0.2) is 0 Å². The maximum atomic E-state index is 13.2. The van der Waals surface area contributed by atoms with Crippen molar-refractivity contribution in [3.63, 3.8) is 0 Å². The molecule has 0 unspecified atom stereocenters. The quantitative estimate of drug-likeness (QED) is 0.0801. The van der Waals surface area contributed by atoms with Gasteiger partial charge in [-0.3, -0.25) is 14.4 Å². The number of amides is 3. The molecule has 0 bridgehead atoms.